The molecule has 1 heterocycles. The largest absolute Gasteiger partial charge is 0.493 e. The van der Waals surface area contributed by atoms with Crippen molar-refractivity contribution in [3.63, 3.8) is 0 Å². The number of halogens is 2. The zero-order valence-electron chi connectivity index (χ0n) is 17.0. The molecule has 0 spiro atoms. The number of carbonyl (C=O) groups is 2. The predicted octanol–water partition coefficient (Wildman–Crippen LogP) is 5.13. The number of rotatable bonds is 9. The number of hydrogen-bond donors (Lipinski definition) is 1. The maximum atomic E-state index is 14.0. The van der Waals surface area contributed by atoms with Gasteiger partial charge in [-0.2, -0.15) is 0 Å². The molecule has 2 aromatic rings. The lowest BCUT2D eigenvalue weighted by molar-refractivity contribution is -0.137. The van der Waals surface area contributed by atoms with Gasteiger partial charge in [0.25, 0.3) is 5.91 Å². The second-order valence-corrected chi connectivity index (χ2v) is 8.81. The molecule has 6 nitrogen and oxygen atoms in total. The van der Waals surface area contributed by atoms with Crippen molar-refractivity contribution in [2.45, 2.75) is 19.4 Å². The minimum absolute atomic E-state index is 0.0349. The number of hydrogen-bond acceptors (Lipinski definition) is 6. The Bertz CT molecular complexity index is 1070. The van der Waals surface area contributed by atoms with Crippen molar-refractivity contribution >= 4 is 57.9 Å². The van der Waals surface area contributed by atoms with E-state index >= 15 is 0 Å². The highest BCUT2D eigenvalue weighted by molar-refractivity contribution is 8.26. The van der Waals surface area contributed by atoms with Crippen LogP contribution >= 0.6 is 35.6 Å². The van der Waals surface area contributed by atoms with Crippen molar-refractivity contribution in [1.82, 2.24) is 4.90 Å². The van der Waals surface area contributed by atoms with E-state index in [0.29, 0.717) is 32.7 Å². The SMILES string of the molecule is COc1cc(/C=C2/SC(=S)N(CCCC(=O)O)C2=O)ccc1OCc1c(F)cccc1Cl. The van der Waals surface area contributed by atoms with Crippen LogP contribution in [-0.2, 0) is 16.2 Å². The summed E-state index contributed by atoms with van der Waals surface area (Å²) in [4.78, 5) is 25.2. The van der Waals surface area contributed by atoms with Gasteiger partial charge in [-0.05, 0) is 42.3 Å². The Balaban J connectivity index is 1.73. The average molecular weight is 496 g/mol. The lowest BCUT2D eigenvalue weighted by atomic mass is 10.1. The van der Waals surface area contributed by atoms with Crippen molar-refractivity contribution < 1.29 is 28.6 Å². The van der Waals surface area contributed by atoms with Crippen LogP contribution in [0.4, 0.5) is 4.39 Å². The molecule has 0 unspecified atom stereocenters. The number of methoxy groups -OCH3 is 1. The molecule has 0 aliphatic carbocycles. The maximum Gasteiger partial charge on any atom is 0.303 e. The molecule has 1 N–H and O–H groups in total. The van der Waals surface area contributed by atoms with E-state index < -0.39 is 11.8 Å². The summed E-state index contributed by atoms with van der Waals surface area (Å²) in [7, 11) is 1.48. The molecule has 0 radical (unpaired) electrons. The van der Waals surface area contributed by atoms with Crippen LogP contribution in [-0.4, -0.2) is 39.9 Å². The van der Waals surface area contributed by atoms with Gasteiger partial charge < -0.3 is 14.6 Å². The fourth-order valence-corrected chi connectivity index (χ4v) is 4.47. The number of thioether (sulfide) groups is 1. The average Bonchev–Trinajstić information content (AvgIpc) is 3.01. The van der Waals surface area contributed by atoms with Gasteiger partial charge in [0.1, 0.15) is 16.7 Å². The van der Waals surface area contributed by atoms with Gasteiger partial charge in [-0.1, -0.05) is 47.7 Å². The van der Waals surface area contributed by atoms with Crippen molar-refractivity contribution in [2.24, 2.45) is 0 Å². The van der Waals surface area contributed by atoms with Crippen LogP contribution in [0.3, 0.4) is 0 Å². The second-order valence-electron chi connectivity index (χ2n) is 6.73. The van der Waals surface area contributed by atoms with Crippen molar-refractivity contribution in [3.8, 4) is 11.5 Å². The molecule has 1 aliphatic rings. The van der Waals surface area contributed by atoms with E-state index in [-0.39, 0.29) is 36.1 Å². The standard InChI is InChI=1S/C22H19ClFNO5S2/c1-29-18-10-13(7-8-17(18)30-12-14-15(23)4-2-5-16(14)24)11-19-21(28)25(22(31)32-19)9-3-6-20(26)27/h2,4-5,7-8,10-11H,3,6,9,12H2,1H3,(H,26,27)/b19-11+. The van der Waals surface area contributed by atoms with Crippen LogP contribution in [0.1, 0.15) is 24.0 Å². The van der Waals surface area contributed by atoms with Crippen LogP contribution in [0, 0.1) is 5.82 Å². The second kappa shape index (κ2) is 10.8. The van der Waals surface area contributed by atoms with Crippen LogP contribution in [0.15, 0.2) is 41.3 Å². The molecule has 0 aromatic heterocycles. The molecule has 10 heteroatoms. The third kappa shape index (κ3) is 5.79. The molecule has 1 aliphatic heterocycles. The molecule has 1 amide bonds. The highest BCUT2D eigenvalue weighted by atomic mass is 35.5. The van der Waals surface area contributed by atoms with E-state index in [9.17, 15) is 14.0 Å². The summed E-state index contributed by atoms with van der Waals surface area (Å²) in [6.45, 7) is 0.180. The van der Waals surface area contributed by atoms with Gasteiger partial charge in [0.2, 0.25) is 0 Å². The summed E-state index contributed by atoms with van der Waals surface area (Å²) in [6.07, 6.45) is 1.96. The topological polar surface area (TPSA) is 76.1 Å². The smallest absolute Gasteiger partial charge is 0.303 e. The van der Waals surface area contributed by atoms with Crippen molar-refractivity contribution in [2.75, 3.05) is 13.7 Å². The molecular formula is C22H19ClFNO5S2. The molecule has 2 aromatic carbocycles. The fourth-order valence-electron chi connectivity index (χ4n) is 2.95. The molecule has 0 atom stereocenters. The van der Waals surface area contributed by atoms with Gasteiger partial charge in [-0.25, -0.2) is 4.39 Å². The Morgan fingerprint density at radius 2 is 2.09 bits per heavy atom. The Morgan fingerprint density at radius 3 is 2.78 bits per heavy atom. The summed E-state index contributed by atoms with van der Waals surface area (Å²) in [5.74, 6) is -0.844. The van der Waals surface area contributed by atoms with Crippen molar-refractivity contribution in [3.05, 3.63) is 63.3 Å². The number of nitrogens with zero attached hydrogens (tertiary/aromatic N) is 1. The summed E-state index contributed by atoms with van der Waals surface area (Å²) in [6, 6.07) is 9.50. The predicted molar refractivity (Wildman–Crippen MR) is 125 cm³/mol. The number of aliphatic carboxylic acids is 1. The first kappa shape index (κ1) is 24.0. The van der Waals surface area contributed by atoms with Gasteiger partial charge in [0.15, 0.2) is 11.5 Å². The van der Waals surface area contributed by atoms with E-state index in [1.165, 1.54) is 24.1 Å². The summed E-state index contributed by atoms with van der Waals surface area (Å²) in [5.41, 5.74) is 0.927. The number of carboxylic acids is 1. The quantitative estimate of drug-likeness (QED) is 0.381. The summed E-state index contributed by atoms with van der Waals surface area (Å²) < 4.78 is 25.4. The third-order valence-corrected chi connectivity index (χ3v) is 6.30. The number of carbonyl (C=O) groups excluding carboxylic acids is 1. The molecule has 1 fully saturated rings. The molecule has 0 saturated carbocycles. The highest BCUT2D eigenvalue weighted by Crippen LogP contribution is 2.35. The molecular weight excluding hydrogens is 477 g/mol. The number of ether oxygens (including phenoxy) is 2. The van der Waals surface area contributed by atoms with Crippen LogP contribution < -0.4 is 9.47 Å². The molecule has 32 heavy (non-hydrogen) atoms. The van der Waals surface area contributed by atoms with Gasteiger partial charge in [-0.3, -0.25) is 14.5 Å². The first-order valence-corrected chi connectivity index (χ1v) is 11.1. The Morgan fingerprint density at radius 1 is 1.31 bits per heavy atom. The Hall–Kier alpha value is -2.62. The maximum absolute atomic E-state index is 14.0. The monoisotopic (exact) mass is 495 g/mol. The molecule has 1 saturated heterocycles. The van der Waals surface area contributed by atoms with E-state index in [1.807, 2.05) is 0 Å². The Kier molecular flexibility index (Phi) is 8.11. The van der Waals surface area contributed by atoms with Crippen molar-refractivity contribution in [1.29, 1.82) is 0 Å². The van der Waals surface area contributed by atoms with Crippen LogP contribution in [0.5, 0.6) is 11.5 Å². The first-order chi connectivity index (χ1) is 15.3. The zero-order valence-corrected chi connectivity index (χ0v) is 19.4. The minimum Gasteiger partial charge on any atom is -0.493 e. The lowest BCUT2D eigenvalue weighted by Gasteiger charge is -2.13. The van der Waals surface area contributed by atoms with E-state index in [2.05, 4.69) is 0 Å². The Labute approximate surface area is 198 Å². The minimum atomic E-state index is -0.919. The number of thiocarbonyl (C=S) groups is 1. The molecule has 3 rings (SSSR count). The molecule has 0 bridgehead atoms. The zero-order chi connectivity index (χ0) is 23.3. The normalized spacial score (nSPS) is 14.8. The highest BCUT2D eigenvalue weighted by Gasteiger charge is 2.31. The van der Waals surface area contributed by atoms with Gasteiger partial charge in [0, 0.05) is 18.5 Å². The van der Waals surface area contributed by atoms with Crippen LogP contribution in [0.25, 0.3) is 6.08 Å². The first-order valence-electron chi connectivity index (χ1n) is 9.51. The summed E-state index contributed by atoms with van der Waals surface area (Å²) in [5, 5.41) is 9.04. The number of benzene rings is 2. The van der Waals surface area contributed by atoms with Crippen LogP contribution in [0.2, 0.25) is 5.02 Å². The van der Waals surface area contributed by atoms with E-state index in [4.69, 9.17) is 38.4 Å². The number of carboxylic acid groups (broad SMARTS) is 1. The summed E-state index contributed by atoms with van der Waals surface area (Å²) >= 11 is 12.4. The van der Waals surface area contributed by atoms with E-state index in [1.54, 1.807) is 30.3 Å². The fraction of sp³-hybridized carbons (Fsp3) is 0.227. The van der Waals surface area contributed by atoms with Gasteiger partial charge in [0.05, 0.1) is 17.0 Å². The molecule has 168 valence electrons. The number of amides is 1. The van der Waals surface area contributed by atoms with E-state index in [0.717, 1.165) is 11.8 Å². The van der Waals surface area contributed by atoms with Gasteiger partial charge in [-0.15, -0.1) is 0 Å². The van der Waals surface area contributed by atoms with Gasteiger partial charge >= 0.3 is 5.97 Å². The lowest BCUT2D eigenvalue weighted by Crippen LogP contribution is -2.29. The third-order valence-electron chi connectivity index (χ3n) is 4.57.